The molecule has 1 rings (SSSR count). The molecule has 1 aliphatic carbocycles. The SMILES string of the molecule is CCOC(=O)C1(CCC(C)=O)CCCCCCC1=O. The van der Waals surface area contributed by atoms with E-state index in [1.807, 2.05) is 0 Å². The first kappa shape index (κ1) is 15.9. The number of hydrogen-bond donors (Lipinski definition) is 0. The number of ketones is 2. The van der Waals surface area contributed by atoms with Gasteiger partial charge in [-0.05, 0) is 33.1 Å². The number of ether oxygens (including phenoxy) is 1. The van der Waals surface area contributed by atoms with E-state index in [0.717, 1.165) is 25.7 Å². The fraction of sp³-hybridized carbons (Fsp3) is 0.800. The van der Waals surface area contributed by atoms with Crippen molar-refractivity contribution in [2.45, 2.75) is 65.2 Å². The van der Waals surface area contributed by atoms with Crippen LogP contribution in [0.3, 0.4) is 0 Å². The fourth-order valence-corrected chi connectivity index (χ4v) is 2.69. The molecular weight excluding hydrogens is 244 g/mol. The van der Waals surface area contributed by atoms with Gasteiger partial charge in [-0.2, -0.15) is 0 Å². The Labute approximate surface area is 114 Å². The van der Waals surface area contributed by atoms with Crippen molar-refractivity contribution in [2.75, 3.05) is 6.61 Å². The van der Waals surface area contributed by atoms with E-state index in [-0.39, 0.29) is 24.6 Å². The summed E-state index contributed by atoms with van der Waals surface area (Å²) in [5.74, 6) is -0.450. The van der Waals surface area contributed by atoms with Crippen molar-refractivity contribution in [3.63, 3.8) is 0 Å². The standard InChI is InChI=1S/C15H24O4/c1-3-19-14(18)15(11-9-12(2)16)10-7-5-4-6-8-13(15)17/h3-11H2,1-2H3. The van der Waals surface area contributed by atoms with Gasteiger partial charge < -0.3 is 9.53 Å². The molecule has 0 N–H and O–H groups in total. The van der Waals surface area contributed by atoms with Gasteiger partial charge in [-0.15, -0.1) is 0 Å². The maximum absolute atomic E-state index is 12.4. The van der Waals surface area contributed by atoms with Crippen LogP contribution in [0.1, 0.15) is 65.2 Å². The molecule has 19 heavy (non-hydrogen) atoms. The molecule has 0 aromatic heterocycles. The second kappa shape index (κ2) is 7.41. The zero-order valence-corrected chi connectivity index (χ0v) is 12.0. The topological polar surface area (TPSA) is 60.4 Å². The monoisotopic (exact) mass is 268 g/mol. The average molecular weight is 268 g/mol. The van der Waals surface area contributed by atoms with Crippen LogP contribution in [0, 0.1) is 5.41 Å². The van der Waals surface area contributed by atoms with Crippen molar-refractivity contribution < 1.29 is 19.1 Å². The Bertz CT molecular complexity index is 338. The fourth-order valence-electron chi connectivity index (χ4n) is 2.69. The summed E-state index contributed by atoms with van der Waals surface area (Å²) >= 11 is 0. The van der Waals surface area contributed by atoms with E-state index < -0.39 is 11.4 Å². The Morgan fingerprint density at radius 3 is 2.53 bits per heavy atom. The number of hydrogen-bond acceptors (Lipinski definition) is 4. The summed E-state index contributed by atoms with van der Waals surface area (Å²) in [6.07, 6.45) is 5.29. The van der Waals surface area contributed by atoms with Gasteiger partial charge in [0.1, 0.15) is 17.0 Å². The molecule has 1 unspecified atom stereocenters. The van der Waals surface area contributed by atoms with E-state index in [9.17, 15) is 14.4 Å². The molecule has 0 radical (unpaired) electrons. The maximum atomic E-state index is 12.4. The Balaban J connectivity index is 2.94. The lowest BCUT2D eigenvalue weighted by atomic mass is 9.72. The quantitative estimate of drug-likeness (QED) is 0.568. The van der Waals surface area contributed by atoms with E-state index in [4.69, 9.17) is 4.74 Å². The summed E-state index contributed by atoms with van der Waals surface area (Å²) in [6, 6.07) is 0. The third kappa shape index (κ3) is 4.15. The lowest BCUT2D eigenvalue weighted by molar-refractivity contribution is -0.162. The number of rotatable bonds is 5. The van der Waals surface area contributed by atoms with Crippen molar-refractivity contribution >= 4 is 17.5 Å². The van der Waals surface area contributed by atoms with Gasteiger partial charge in [-0.3, -0.25) is 9.59 Å². The van der Waals surface area contributed by atoms with Gasteiger partial charge in [0.15, 0.2) is 0 Å². The van der Waals surface area contributed by atoms with Gasteiger partial charge in [-0.1, -0.05) is 19.3 Å². The third-order valence-electron chi connectivity index (χ3n) is 3.86. The highest BCUT2D eigenvalue weighted by Gasteiger charge is 2.45. The Kier molecular flexibility index (Phi) is 6.19. The van der Waals surface area contributed by atoms with Crippen LogP contribution in [-0.2, 0) is 19.1 Å². The Hall–Kier alpha value is -1.19. The Morgan fingerprint density at radius 1 is 1.21 bits per heavy atom. The molecule has 0 spiro atoms. The third-order valence-corrected chi connectivity index (χ3v) is 3.86. The van der Waals surface area contributed by atoms with Gasteiger partial charge in [0.2, 0.25) is 0 Å². The molecule has 1 atom stereocenters. The minimum Gasteiger partial charge on any atom is -0.465 e. The minimum absolute atomic E-state index is 0.0125. The van der Waals surface area contributed by atoms with Gasteiger partial charge in [-0.25, -0.2) is 0 Å². The molecule has 0 bridgehead atoms. The Morgan fingerprint density at radius 2 is 1.89 bits per heavy atom. The summed E-state index contributed by atoms with van der Waals surface area (Å²) in [7, 11) is 0. The summed E-state index contributed by atoms with van der Waals surface area (Å²) in [4.78, 5) is 35.9. The smallest absolute Gasteiger partial charge is 0.319 e. The average Bonchev–Trinajstić information content (AvgIpc) is 2.34. The normalized spacial score (nSPS) is 24.4. The van der Waals surface area contributed by atoms with Crippen LogP contribution >= 0.6 is 0 Å². The van der Waals surface area contributed by atoms with Crippen molar-refractivity contribution in [3.05, 3.63) is 0 Å². The number of carbonyl (C=O) groups excluding carboxylic acids is 3. The highest BCUT2D eigenvalue weighted by atomic mass is 16.5. The first-order chi connectivity index (χ1) is 9.03. The van der Waals surface area contributed by atoms with Crippen LogP contribution in [-0.4, -0.2) is 24.1 Å². The molecule has 1 fully saturated rings. The number of carbonyl (C=O) groups is 3. The van der Waals surface area contributed by atoms with Crippen LogP contribution in [0.25, 0.3) is 0 Å². The second-order valence-corrected chi connectivity index (χ2v) is 5.34. The van der Waals surface area contributed by atoms with Crippen LogP contribution in [0.2, 0.25) is 0 Å². The van der Waals surface area contributed by atoms with E-state index in [1.54, 1.807) is 6.92 Å². The first-order valence-electron chi connectivity index (χ1n) is 7.23. The van der Waals surface area contributed by atoms with Crippen molar-refractivity contribution in [1.29, 1.82) is 0 Å². The first-order valence-corrected chi connectivity index (χ1v) is 7.23. The van der Waals surface area contributed by atoms with Gasteiger partial charge in [0.05, 0.1) is 6.61 Å². The molecule has 0 saturated heterocycles. The molecule has 0 aromatic carbocycles. The lowest BCUT2D eigenvalue weighted by Crippen LogP contribution is -2.41. The summed E-state index contributed by atoms with van der Waals surface area (Å²) in [6.45, 7) is 3.50. The summed E-state index contributed by atoms with van der Waals surface area (Å²) < 4.78 is 5.11. The number of esters is 1. The second-order valence-electron chi connectivity index (χ2n) is 5.34. The molecule has 0 aliphatic heterocycles. The zero-order valence-electron chi connectivity index (χ0n) is 12.0. The maximum Gasteiger partial charge on any atom is 0.319 e. The lowest BCUT2D eigenvalue weighted by Gasteiger charge is -2.31. The number of Topliss-reactive ketones (excluding diaryl/α,β-unsaturated/α-hetero) is 2. The predicted octanol–water partition coefficient (Wildman–Crippen LogP) is 2.83. The van der Waals surface area contributed by atoms with Gasteiger partial charge in [0.25, 0.3) is 0 Å². The van der Waals surface area contributed by atoms with Crippen LogP contribution in [0.15, 0.2) is 0 Å². The largest absolute Gasteiger partial charge is 0.465 e. The molecule has 1 aliphatic rings. The molecule has 0 aromatic rings. The highest BCUT2D eigenvalue weighted by Crippen LogP contribution is 2.37. The van der Waals surface area contributed by atoms with Crippen molar-refractivity contribution in [2.24, 2.45) is 5.41 Å². The molecule has 108 valence electrons. The summed E-state index contributed by atoms with van der Waals surface area (Å²) in [5.41, 5.74) is -1.07. The molecule has 0 heterocycles. The summed E-state index contributed by atoms with van der Waals surface area (Å²) in [5, 5.41) is 0. The van der Waals surface area contributed by atoms with E-state index >= 15 is 0 Å². The van der Waals surface area contributed by atoms with Crippen molar-refractivity contribution in [1.82, 2.24) is 0 Å². The molecule has 1 saturated carbocycles. The molecule has 4 nitrogen and oxygen atoms in total. The highest BCUT2D eigenvalue weighted by molar-refractivity contribution is 6.04. The zero-order chi connectivity index (χ0) is 14.3. The van der Waals surface area contributed by atoms with Crippen LogP contribution in [0.5, 0.6) is 0 Å². The molecular formula is C15H24O4. The van der Waals surface area contributed by atoms with E-state index in [1.165, 1.54) is 6.92 Å². The van der Waals surface area contributed by atoms with Gasteiger partial charge >= 0.3 is 5.97 Å². The van der Waals surface area contributed by atoms with E-state index in [0.29, 0.717) is 19.3 Å². The van der Waals surface area contributed by atoms with Crippen molar-refractivity contribution in [3.8, 4) is 0 Å². The van der Waals surface area contributed by atoms with E-state index in [2.05, 4.69) is 0 Å². The predicted molar refractivity (Wildman–Crippen MR) is 71.7 cm³/mol. The van der Waals surface area contributed by atoms with Gasteiger partial charge in [0, 0.05) is 12.8 Å². The minimum atomic E-state index is -1.07. The molecule has 4 heteroatoms. The molecule has 0 amide bonds. The van der Waals surface area contributed by atoms with Crippen LogP contribution < -0.4 is 0 Å². The van der Waals surface area contributed by atoms with Crippen LogP contribution in [0.4, 0.5) is 0 Å².